The standard InChI is InChI=1S/C23H20ClNO3/c1-27-22-4-2-3-17(15-22)7-14-23(26)25-20-10-12-21(13-11-20)28-16-18-5-8-19(24)9-6-18/h2-15H,16H2,1H3,(H,25,26)/b14-7+. The molecule has 0 atom stereocenters. The van der Waals surface area contributed by atoms with Crippen LogP contribution in [0.5, 0.6) is 11.5 Å². The highest BCUT2D eigenvalue weighted by Gasteiger charge is 2.01. The van der Waals surface area contributed by atoms with E-state index in [1.807, 2.05) is 60.7 Å². The Morgan fingerprint density at radius 2 is 1.75 bits per heavy atom. The minimum atomic E-state index is -0.211. The summed E-state index contributed by atoms with van der Waals surface area (Å²) in [6.45, 7) is 0.451. The number of halogens is 1. The number of hydrogen-bond donors (Lipinski definition) is 1. The average Bonchev–Trinajstić information content (AvgIpc) is 2.73. The first-order valence-electron chi connectivity index (χ1n) is 8.73. The summed E-state index contributed by atoms with van der Waals surface area (Å²) in [5.74, 6) is 1.26. The third-order valence-corrected chi connectivity index (χ3v) is 4.21. The summed E-state index contributed by atoms with van der Waals surface area (Å²) in [4.78, 5) is 12.1. The van der Waals surface area contributed by atoms with Gasteiger partial charge in [-0.2, -0.15) is 0 Å². The number of nitrogens with one attached hydrogen (secondary N) is 1. The Bertz CT molecular complexity index is 950. The fourth-order valence-electron chi connectivity index (χ4n) is 2.48. The van der Waals surface area contributed by atoms with Crippen LogP contribution in [0, 0.1) is 0 Å². The SMILES string of the molecule is COc1cccc(/C=C/C(=O)Nc2ccc(OCc3ccc(Cl)cc3)cc2)c1. The highest BCUT2D eigenvalue weighted by molar-refractivity contribution is 6.30. The number of carbonyl (C=O) groups excluding carboxylic acids is 1. The molecule has 0 saturated carbocycles. The maximum absolute atomic E-state index is 12.1. The van der Waals surface area contributed by atoms with Crippen LogP contribution in [0.1, 0.15) is 11.1 Å². The molecule has 1 N–H and O–H groups in total. The average molecular weight is 394 g/mol. The van der Waals surface area contributed by atoms with Gasteiger partial charge in [-0.25, -0.2) is 0 Å². The summed E-state index contributed by atoms with van der Waals surface area (Å²) < 4.78 is 10.9. The van der Waals surface area contributed by atoms with Crippen molar-refractivity contribution in [1.29, 1.82) is 0 Å². The molecule has 0 fully saturated rings. The summed E-state index contributed by atoms with van der Waals surface area (Å²) in [5.41, 5.74) is 2.61. The highest BCUT2D eigenvalue weighted by Crippen LogP contribution is 2.18. The lowest BCUT2D eigenvalue weighted by Gasteiger charge is -2.08. The number of carbonyl (C=O) groups is 1. The number of hydrogen-bond acceptors (Lipinski definition) is 3. The zero-order valence-electron chi connectivity index (χ0n) is 15.4. The second kappa shape index (κ2) is 9.62. The maximum Gasteiger partial charge on any atom is 0.248 e. The van der Waals surface area contributed by atoms with E-state index in [0.29, 0.717) is 17.3 Å². The van der Waals surface area contributed by atoms with Crippen LogP contribution in [0.4, 0.5) is 5.69 Å². The molecule has 0 aliphatic heterocycles. The highest BCUT2D eigenvalue weighted by atomic mass is 35.5. The number of amides is 1. The van der Waals surface area contributed by atoms with Crippen LogP contribution in [0.3, 0.4) is 0 Å². The molecular formula is C23H20ClNO3. The zero-order chi connectivity index (χ0) is 19.8. The molecule has 1 amide bonds. The topological polar surface area (TPSA) is 47.6 Å². The van der Waals surface area contributed by atoms with Crippen LogP contribution < -0.4 is 14.8 Å². The van der Waals surface area contributed by atoms with Crippen molar-refractivity contribution < 1.29 is 14.3 Å². The number of anilines is 1. The Labute approximate surface area is 169 Å². The lowest BCUT2D eigenvalue weighted by Crippen LogP contribution is -2.07. The molecule has 4 nitrogen and oxygen atoms in total. The summed E-state index contributed by atoms with van der Waals surface area (Å²) in [5, 5.41) is 3.52. The van der Waals surface area contributed by atoms with Gasteiger partial charge < -0.3 is 14.8 Å². The molecule has 28 heavy (non-hydrogen) atoms. The van der Waals surface area contributed by atoms with Crippen molar-refractivity contribution in [2.24, 2.45) is 0 Å². The van der Waals surface area contributed by atoms with E-state index in [1.165, 1.54) is 6.08 Å². The van der Waals surface area contributed by atoms with Crippen LogP contribution in [0.15, 0.2) is 78.9 Å². The molecule has 142 valence electrons. The first kappa shape index (κ1) is 19.5. The molecule has 0 bridgehead atoms. The van der Waals surface area contributed by atoms with E-state index in [0.717, 1.165) is 22.6 Å². The van der Waals surface area contributed by atoms with E-state index in [1.54, 1.807) is 25.3 Å². The van der Waals surface area contributed by atoms with E-state index >= 15 is 0 Å². The van der Waals surface area contributed by atoms with E-state index in [-0.39, 0.29) is 5.91 Å². The Morgan fingerprint density at radius 3 is 2.46 bits per heavy atom. The fourth-order valence-corrected chi connectivity index (χ4v) is 2.61. The summed E-state index contributed by atoms with van der Waals surface area (Å²) >= 11 is 5.87. The summed E-state index contributed by atoms with van der Waals surface area (Å²) in [6.07, 6.45) is 3.22. The van der Waals surface area contributed by atoms with Crippen molar-refractivity contribution in [2.75, 3.05) is 12.4 Å². The van der Waals surface area contributed by atoms with Crippen molar-refractivity contribution in [3.05, 3.63) is 95.0 Å². The van der Waals surface area contributed by atoms with Gasteiger partial charge in [0.2, 0.25) is 5.91 Å². The second-order valence-corrected chi connectivity index (χ2v) is 6.48. The normalized spacial score (nSPS) is 10.6. The van der Waals surface area contributed by atoms with Crippen LogP contribution in [-0.4, -0.2) is 13.0 Å². The number of rotatable bonds is 7. The number of ether oxygens (including phenoxy) is 2. The van der Waals surface area contributed by atoms with Crippen molar-refractivity contribution >= 4 is 29.3 Å². The van der Waals surface area contributed by atoms with Gasteiger partial charge in [0, 0.05) is 16.8 Å². The quantitative estimate of drug-likeness (QED) is 0.533. The Hall–Kier alpha value is -3.24. The zero-order valence-corrected chi connectivity index (χ0v) is 16.1. The van der Waals surface area contributed by atoms with Crippen molar-refractivity contribution in [1.82, 2.24) is 0 Å². The van der Waals surface area contributed by atoms with Crippen molar-refractivity contribution in [3.8, 4) is 11.5 Å². The van der Waals surface area contributed by atoms with Crippen molar-refractivity contribution in [3.63, 3.8) is 0 Å². The second-order valence-electron chi connectivity index (χ2n) is 6.04. The van der Waals surface area contributed by atoms with E-state index in [9.17, 15) is 4.79 Å². The molecular weight excluding hydrogens is 374 g/mol. The lowest BCUT2D eigenvalue weighted by molar-refractivity contribution is -0.111. The molecule has 0 aromatic heterocycles. The molecule has 3 aromatic rings. The fraction of sp³-hybridized carbons (Fsp3) is 0.0870. The monoisotopic (exact) mass is 393 g/mol. The van der Waals surface area contributed by atoms with E-state index < -0.39 is 0 Å². The number of methoxy groups -OCH3 is 1. The van der Waals surface area contributed by atoms with Crippen LogP contribution >= 0.6 is 11.6 Å². The van der Waals surface area contributed by atoms with Gasteiger partial charge >= 0.3 is 0 Å². The van der Waals surface area contributed by atoms with Gasteiger partial charge in [-0.15, -0.1) is 0 Å². The molecule has 0 radical (unpaired) electrons. The molecule has 3 rings (SSSR count). The molecule has 0 saturated heterocycles. The minimum absolute atomic E-state index is 0.211. The Kier molecular flexibility index (Phi) is 6.71. The molecule has 5 heteroatoms. The molecule has 0 spiro atoms. The van der Waals surface area contributed by atoms with E-state index in [4.69, 9.17) is 21.1 Å². The van der Waals surface area contributed by atoms with Crippen molar-refractivity contribution in [2.45, 2.75) is 6.61 Å². The van der Waals surface area contributed by atoms with Gasteiger partial charge in [0.15, 0.2) is 0 Å². The smallest absolute Gasteiger partial charge is 0.248 e. The summed E-state index contributed by atoms with van der Waals surface area (Å²) in [7, 11) is 1.61. The third kappa shape index (κ3) is 5.89. The molecule has 3 aromatic carbocycles. The third-order valence-electron chi connectivity index (χ3n) is 3.96. The van der Waals surface area contributed by atoms with Gasteiger partial charge in [0.05, 0.1) is 7.11 Å². The molecule has 0 aliphatic carbocycles. The molecule has 0 aliphatic rings. The Balaban J connectivity index is 1.52. The number of benzene rings is 3. The maximum atomic E-state index is 12.1. The van der Waals surface area contributed by atoms with Gasteiger partial charge in [0.25, 0.3) is 0 Å². The van der Waals surface area contributed by atoms with Crippen LogP contribution in [0.2, 0.25) is 5.02 Å². The van der Waals surface area contributed by atoms with Crippen LogP contribution in [0.25, 0.3) is 6.08 Å². The first-order chi connectivity index (χ1) is 13.6. The van der Waals surface area contributed by atoms with Crippen LogP contribution in [-0.2, 0) is 11.4 Å². The Morgan fingerprint density at radius 1 is 1.00 bits per heavy atom. The van der Waals surface area contributed by atoms with Gasteiger partial charge in [0.1, 0.15) is 18.1 Å². The largest absolute Gasteiger partial charge is 0.497 e. The predicted molar refractivity (Wildman–Crippen MR) is 113 cm³/mol. The van der Waals surface area contributed by atoms with Gasteiger partial charge in [-0.1, -0.05) is 35.9 Å². The van der Waals surface area contributed by atoms with Gasteiger partial charge in [-0.05, 0) is 65.7 Å². The molecule has 0 heterocycles. The summed E-state index contributed by atoms with van der Waals surface area (Å²) in [6, 6.07) is 22.2. The van der Waals surface area contributed by atoms with E-state index in [2.05, 4.69) is 5.32 Å². The minimum Gasteiger partial charge on any atom is -0.497 e. The lowest BCUT2D eigenvalue weighted by atomic mass is 10.2. The first-order valence-corrected chi connectivity index (χ1v) is 9.10. The molecule has 0 unspecified atom stereocenters. The predicted octanol–water partition coefficient (Wildman–Crippen LogP) is 5.58. The van der Waals surface area contributed by atoms with Gasteiger partial charge in [-0.3, -0.25) is 4.79 Å².